The van der Waals surface area contributed by atoms with Crippen molar-refractivity contribution in [3.05, 3.63) is 0 Å². The zero-order valence-corrected chi connectivity index (χ0v) is 11.2. The van der Waals surface area contributed by atoms with E-state index in [0.717, 1.165) is 38.3 Å². The van der Waals surface area contributed by atoms with Crippen molar-refractivity contribution in [2.75, 3.05) is 13.1 Å². The van der Waals surface area contributed by atoms with Gasteiger partial charge in [-0.3, -0.25) is 4.79 Å². The molecule has 1 aliphatic heterocycles. The van der Waals surface area contributed by atoms with Crippen molar-refractivity contribution in [3.63, 3.8) is 0 Å². The molecule has 2 aliphatic carbocycles. The molecule has 2 saturated carbocycles. The maximum atomic E-state index is 12.5. The van der Waals surface area contributed by atoms with Crippen molar-refractivity contribution in [3.8, 4) is 6.07 Å². The molecule has 0 radical (unpaired) electrons. The number of carbonyl (C=O) groups excluding carboxylic acids is 1. The summed E-state index contributed by atoms with van der Waals surface area (Å²) in [5.74, 6) is 2.21. The van der Waals surface area contributed by atoms with Gasteiger partial charge in [0, 0.05) is 19.0 Å². The predicted molar refractivity (Wildman–Crippen MR) is 68.5 cm³/mol. The number of piperidine rings is 1. The van der Waals surface area contributed by atoms with Crippen LogP contribution >= 0.6 is 0 Å². The van der Waals surface area contributed by atoms with Gasteiger partial charge in [0.15, 0.2) is 0 Å². The summed E-state index contributed by atoms with van der Waals surface area (Å²) < 4.78 is 0. The van der Waals surface area contributed by atoms with Crippen LogP contribution in [0.3, 0.4) is 0 Å². The van der Waals surface area contributed by atoms with Gasteiger partial charge >= 0.3 is 0 Å². The number of nitrogens with zero attached hydrogens (tertiary/aromatic N) is 2. The molecule has 3 heteroatoms. The average molecular weight is 246 g/mol. The highest BCUT2D eigenvalue weighted by Gasteiger charge is 2.45. The smallest absolute Gasteiger partial charge is 0.225 e. The number of hydrogen-bond acceptors (Lipinski definition) is 2. The fraction of sp³-hybridized carbons (Fsp3) is 0.867. The van der Waals surface area contributed by atoms with E-state index < -0.39 is 0 Å². The van der Waals surface area contributed by atoms with Gasteiger partial charge in [-0.15, -0.1) is 0 Å². The molecule has 3 unspecified atom stereocenters. The lowest BCUT2D eigenvalue weighted by Crippen LogP contribution is -2.45. The molecule has 3 atom stereocenters. The Labute approximate surface area is 109 Å². The summed E-state index contributed by atoms with van der Waals surface area (Å²) in [5.41, 5.74) is -0.203. The van der Waals surface area contributed by atoms with Gasteiger partial charge in [0.2, 0.25) is 5.91 Å². The Morgan fingerprint density at radius 2 is 2.00 bits per heavy atom. The van der Waals surface area contributed by atoms with Crippen molar-refractivity contribution in [1.29, 1.82) is 5.26 Å². The number of rotatable bonds is 1. The van der Waals surface area contributed by atoms with E-state index >= 15 is 0 Å². The monoisotopic (exact) mass is 246 g/mol. The first-order valence-corrected chi connectivity index (χ1v) is 7.31. The minimum absolute atomic E-state index is 0.203. The van der Waals surface area contributed by atoms with E-state index in [1.807, 2.05) is 11.8 Å². The molecule has 2 bridgehead atoms. The molecule has 1 saturated heterocycles. The summed E-state index contributed by atoms with van der Waals surface area (Å²) in [4.78, 5) is 14.6. The molecule has 0 aromatic heterocycles. The number of likely N-dealkylation sites (tertiary alicyclic amines) is 1. The molecule has 3 fully saturated rings. The molecule has 1 amide bonds. The van der Waals surface area contributed by atoms with Gasteiger partial charge in [-0.2, -0.15) is 5.26 Å². The summed E-state index contributed by atoms with van der Waals surface area (Å²) in [6.07, 6.45) is 6.73. The zero-order chi connectivity index (χ0) is 12.8. The molecule has 1 heterocycles. The van der Waals surface area contributed by atoms with Crippen LogP contribution in [0.4, 0.5) is 0 Å². The van der Waals surface area contributed by atoms with E-state index in [0.29, 0.717) is 17.7 Å². The minimum atomic E-state index is -0.203. The molecule has 0 spiro atoms. The Kier molecular flexibility index (Phi) is 2.84. The van der Waals surface area contributed by atoms with Gasteiger partial charge in [0.25, 0.3) is 0 Å². The first-order chi connectivity index (χ1) is 8.61. The summed E-state index contributed by atoms with van der Waals surface area (Å²) >= 11 is 0. The molecule has 3 nitrogen and oxygen atoms in total. The van der Waals surface area contributed by atoms with Crippen molar-refractivity contribution >= 4 is 5.91 Å². The topological polar surface area (TPSA) is 44.1 Å². The third-order valence-electron chi connectivity index (χ3n) is 5.50. The van der Waals surface area contributed by atoms with E-state index in [4.69, 9.17) is 5.26 Å². The van der Waals surface area contributed by atoms with Crippen molar-refractivity contribution in [1.82, 2.24) is 4.90 Å². The van der Waals surface area contributed by atoms with Crippen LogP contribution in [0.5, 0.6) is 0 Å². The first-order valence-electron chi connectivity index (χ1n) is 7.31. The Balaban J connectivity index is 1.60. The lowest BCUT2D eigenvalue weighted by Gasteiger charge is -2.37. The normalized spacial score (nSPS) is 37.6. The highest BCUT2D eigenvalue weighted by atomic mass is 16.2. The van der Waals surface area contributed by atoms with Crippen LogP contribution in [0.15, 0.2) is 0 Å². The van der Waals surface area contributed by atoms with Crippen LogP contribution < -0.4 is 0 Å². The van der Waals surface area contributed by atoms with Gasteiger partial charge in [0.05, 0.1) is 11.5 Å². The molecule has 0 aromatic carbocycles. The Bertz CT molecular complexity index is 390. The quantitative estimate of drug-likeness (QED) is 0.713. The summed E-state index contributed by atoms with van der Waals surface area (Å²) in [7, 11) is 0. The van der Waals surface area contributed by atoms with Crippen LogP contribution in [0, 0.1) is 34.5 Å². The van der Waals surface area contributed by atoms with Crippen LogP contribution in [-0.4, -0.2) is 23.9 Å². The van der Waals surface area contributed by atoms with E-state index in [-0.39, 0.29) is 5.41 Å². The highest BCUT2D eigenvalue weighted by molar-refractivity contribution is 5.79. The molecule has 98 valence electrons. The van der Waals surface area contributed by atoms with Crippen LogP contribution in [0.2, 0.25) is 0 Å². The third-order valence-corrected chi connectivity index (χ3v) is 5.50. The zero-order valence-electron chi connectivity index (χ0n) is 11.2. The summed E-state index contributed by atoms with van der Waals surface area (Å²) in [6, 6.07) is 2.40. The van der Waals surface area contributed by atoms with Crippen LogP contribution in [0.25, 0.3) is 0 Å². The molecule has 3 aliphatic rings. The number of nitriles is 1. The largest absolute Gasteiger partial charge is 0.342 e. The second-order valence-corrected chi connectivity index (χ2v) is 6.78. The minimum Gasteiger partial charge on any atom is -0.342 e. The number of hydrogen-bond donors (Lipinski definition) is 0. The molecular formula is C15H22N2O. The second kappa shape index (κ2) is 4.26. The van der Waals surface area contributed by atoms with E-state index in [1.165, 1.54) is 19.3 Å². The van der Waals surface area contributed by atoms with Crippen molar-refractivity contribution in [2.45, 2.75) is 45.4 Å². The lowest BCUT2D eigenvalue weighted by molar-refractivity contribution is -0.139. The van der Waals surface area contributed by atoms with Crippen LogP contribution in [0.1, 0.15) is 45.4 Å². The van der Waals surface area contributed by atoms with Gasteiger partial charge in [-0.05, 0) is 50.9 Å². The fourth-order valence-corrected chi connectivity index (χ4v) is 4.11. The predicted octanol–water partition coefficient (Wildman–Crippen LogP) is 2.57. The van der Waals surface area contributed by atoms with Crippen molar-refractivity contribution < 1.29 is 4.79 Å². The third kappa shape index (κ3) is 1.92. The maximum absolute atomic E-state index is 12.5. The van der Waals surface area contributed by atoms with E-state index in [2.05, 4.69) is 6.07 Å². The second-order valence-electron chi connectivity index (χ2n) is 6.78. The number of fused-ring (bicyclic) bond motifs is 2. The highest BCUT2D eigenvalue weighted by Crippen LogP contribution is 2.49. The molecule has 3 rings (SSSR count). The summed E-state index contributed by atoms with van der Waals surface area (Å²) in [5, 5.41) is 9.12. The van der Waals surface area contributed by atoms with E-state index in [9.17, 15) is 4.79 Å². The maximum Gasteiger partial charge on any atom is 0.225 e. The van der Waals surface area contributed by atoms with Crippen LogP contribution in [-0.2, 0) is 4.79 Å². The van der Waals surface area contributed by atoms with E-state index in [1.54, 1.807) is 0 Å². The average Bonchev–Trinajstić information content (AvgIpc) is 3.01. The molecule has 0 aromatic rings. The Morgan fingerprint density at radius 3 is 2.50 bits per heavy atom. The standard InChI is InChI=1S/C15H22N2O/c1-15(10-16)4-6-17(7-5-15)14(18)13-9-11-2-3-12(13)8-11/h11-13H,2-9H2,1H3. The van der Waals surface area contributed by atoms with Gasteiger partial charge in [-0.25, -0.2) is 0 Å². The first kappa shape index (κ1) is 12.0. The number of amides is 1. The molecule has 0 N–H and O–H groups in total. The Hall–Kier alpha value is -1.04. The number of carbonyl (C=O) groups is 1. The molecule has 18 heavy (non-hydrogen) atoms. The van der Waals surface area contributed by atoms with Gasteiger partial charge in [0.1, 0.15) is 0 Å². The molecular weight excluding hydrogens is 224 g/mol. The van der Waals surface area contributed by atoms with Gasteiger partial charge in [-0.1, -0.05) is 6.42 Å². The lowest BCUT2D eigenvalue weighted by atomic mass is 9.81. The van der Waals surface area contributed by atoms with Gasteiger partial charge < -0.3 is 4.90 Å². The fourth-order valence-electron chi connectivity index (χ4n) is 4.11. The Morgan fingerprint density at radius 1 is 1.28 bits per heavy atom. The SMILES string of the molecule is CC1(C#N)CCN(C(=O)C2CC3CCC2C3)CC1. The summed E-state index contributed by atoms with van der Waals surface area (Å²) in [6.45, 7) is 3.60. The van der Waals surface area contributed by atoms with Crippen molar-refractivity contribution in [2.24, 2.45) is 23.2 Å².